The first-order valence-corrected chi connectivity index (χ1v) is 8.64. The van der Waals surface area contributed by atoms with Crippen LogP contribution in [0.25, 0.3) is 0 Å². The summed E-state index contributed by atoms with van der Waals surface area (Å²) < 4.78 is 17.3. The third-order valence-corrected chi connectivity index (χ3v) is 5.06. The molecule has 0 saturated carbocycles. The maximum Gasteiger partial charge on any atom is 0.257 e. The molecule has 6 heteroatoms. The maximum atomic E-state index is 12.6. The number of rotatable bonds is 4. The topological polar surface area (TPSA) is 64.8 Å². The molecule has 2 atom stereocenters. The molecule has 25 heavy (non-hydrogen) atoms. The van der Waals surface area contributed by atoms with Gasteiger partial charge in [-0.15, -0.1) is 0 Å². The summed E-state index contributed by atoms with van der Waals surface area (Å²) in [6.45, 7) is 4.18. The van der Waals surface area contributed by atoms with Crippen LogP contribution in [0.2, 0.25) is 0 Å². The Balaban J connectivity index is 1.33. The van der Waals surface area contributed by atoms with Crippen LogP contribution in [0.4, 0.5) is 0 Å². The van der Waals surface area contributed by atoms with Crippen LogP contribution < -0.4 is 0 Å². The second kappa shape index (κ2) is 6.61. The molecule has 0 aromatic carbocycles. The predicted octanol–water partition coefficient (Wildman–Crippen LogP) is 2.57. The summed E-state index contributed by atoms with van der Waals surface area (Å²) in [4.78, 5) is 18.8. The molecule has 2 fully saturated rings. The van der Waals surface area contributed by atoms with Crippen LogP contribution in [0.3, 0.4) is 0 Å². The van der Waals surface area contributed by atoms with Gasteiger partial charge in [-0.1, -0.05) is 6.07 Å². The van der Waals surface area contributed by atoms with E-state index in [0.29, 0.717) is 37.6 Å². The number of pyridine rings is 1. The molecule has 2 aliphatic rings. The van der Waals surface area contributed by atoms with Crippen LogP contribution in [0.5, 0.6) is 0 Å². The van der Waals surface area contributed by atoms with E-state index < -0.39 is 0 Å². The minimum Gasteiger partial charge on any atom is -0.469 e. The number of amides is 1. The number of likely N-dealkylation sites (tertiary alicyclic amines) is 1. The maximum absolute atomic E-state index is 12.6. The first kappa shape index (κ1) is 16.3. The quantitative estimate of drug-likeness (QED) is 0.854. The van der Waals surface area contributed by atoms with Gasteiger partial charge in [0.15, 0.2) is 0 Å². The Morgan fingerprint density at radius 3 is 3.12 bits per heavy atom. The van der Waals surface area contributed by atoms with E-state index in [1.807, 2.05) is 30.0 Å². The highest BCUT2D eigenvalue weighted by atomic mass is 16.6. The second-order valence-corrected chi connectivity index (χ2v) is 6.82. The normalized spacial score (nSPS) is 25.8. The van der Waals surface area contributed by atoms with Crippen molar-refractivity contribution in [2.45, 2.75) is 38.1 Å². The van der Waals surface area contributed by atoms with Crippen molar-refractivity contribution >= 4 is 5.91 Å². The van der Waals surface area contributed by atoms with Gasteiger partial charge in [-0.05, 0) is 31.5 Å². The Bertz CT molecular complexity index is 745. The summed E-state index contributed by atoms with van der Waals surface area (Å²) in [5, 5.41) is 0. The van der Waals surface area contributed by atoms with Crippen molar-refractivity contribution in [3.63, 3.8) is 0 Å². The number of nitrogens with zero attached hydrogens (tertiary/aromatic N) is 2. The Labute approximate surface area is 146 Å². The Morgan fingerprint density at radius 2 is 2.36 bits per heavy atom. The largest absolute Gasteiger partial charge is 0.469 e. The Morgan fingerprint density at radius 1 is 1.44 bits per heavy atom. The van der Waals surface area contributed by atoms with E-state index in [4.69, 9.17) is 13.9 Å². The van der Waals surface area contributed by atoms with Crippen molar-refractivity contribution < 1.29 is 18.7 Å². The molecule has 2 saturated heterocycles. The molecule has 1 spiro atoms. The van der Waals surface area contributed by atoms with Gasteiger partial charge >= 0.3 is 0 Å². The highest BCUT2D eigenvalue weighted by Crippen LogP contribution is 2.37. The molecule has 0 aliphatic carbocycles. The lowest BCUT2D eigenvalue weighted by atomic mass is 9.98. The van der Waals surface area contributed by atoms with Crippen molar-refractivity contribution in [2.75, 3.05) is 19.7 Å². The standard InChI is InChI=1S/C19H22N2O4/c1-14-17(5-9-23-14)18(22)21-8-6-19(13-21)10-16(12-25-19)24-11-15-4-2-3-7-20-15/h2-5,7,9,16H,6,8,10-13H2,1H3/t16-,19-/m0/s1. The molecule has 132 valence electrons. The fraction of sp³-hybridized carbons (Fsp3) is 0.474. The molecule has 4 rings (SSSR count). The van der Waals surface area contributed by atoms with Crippen molar-refractivity contribution in [1.82, 2.24) is 9.88 Å². The van der Waals surface area contributed by atoms with Crippen LogP contribution in [0.1, 0.15) is 34.7 Å². The van der Waals surface area contributed by atoms with E-state index in [9.17, 15) is 4.79 Å². The molecule has 6 nitrogen and oxygen atoms in total. The van der Waals surface area contributed by atoms with E-state index in [0.717, 1.165) is 18.5 Å². The third kappa shape index (κ3) is 3.32. The first-order chi connectivity index (χ1) is 12.2. The molecule has 0 bridgehead atoms. The minimum absolute atomic E-state index is 0.0181. The van der Waals surface area contributed by atoms with Gasteiger partial charge in [-0.25, -0.2) is 0 Å². The number of hydrogen-bond acceptors (Lipinski definition) is 5. The molecule has 0 N–H and O–H groups in total. The third-order valence-electron chi connectivity index (χ3n) is 5.06. The van der Waals surface area contributed by atoms with Gasteiger partial charge in [-0.3, -0.25) is 9.78 Å². The fourth-order valence-electron chi connectivity index (χ4n) is 3.68. The Kier molecular flexibility index (Phi) is 4.31. The summed E-state index contributed by atoms with van der Waals surface area (Å²) >= 11 is 0. The van der Waals surface area contributed by atoms with E-state index >= 15 is 0 Å². The SMILES string of the molecule is Cc1occc1C(=O)N1CC[C@]2(C[C@H](OCc3ccccn3)CO2)C1. The van der Waals surface area contributed by atoms with Gasteiger partial charge in [0, 0.05) is 19.2 Å². The summed E-state index contributed by atoms with van der Waals surface area (Å²) in [7, 11) is 0. The predicted molar refractivity (Wildman–Crippen MR) is 90.1 cm³/mol. The number of aryl methyl sites for hydroxylation is 1. The molecule has 2 aromatic heterocycles. The molecule has 2 aliphatic heterocycles. The zero-order chi connectivity index (χ0) is 17.3. The molecular formula is C19H22N2O4. The lowest BCUT2D eigenvalue weighted by Gasteiger charge is -2.23. The van der Waals surface area contributed by atoms with E-state index in [1.165, 1.54) is 0 Å². The van der Waals surface area contributed by atoms with Gasteiger partial charge in [0.25, 0.3) is 5.91 Å². The zero-order valence-corrected chi connectivity index (χ0v) is 14.3. The van der Waals surface area contributed by atoms with Gasteiger partial charge < -0.3 is 18.8 Å². The van der Waals surface area contributed by atoms with Crippen molar-refractivity contribution in [2.24, 2.45) is 0 Å². The average molecular weight is 342 g/mol. The van der Waals surface area contributed by atoms with E-state index in [1.54, 1.807) is 18.5 Å². The lowest BCUT2D eigenvalue weighted by Crippen LogP contribution is -2.36. The molecule has 0 unspecified atom stereocenters. The van der Waals surface area contributed by atoms with Crippen molar-refractivity contribution in [3.8, 4) is 0 Å². The Hall–Kier alpha value is -2.18. The number of carbonyl (C=O) groups excluding carboxylic acids is 1. The zero-order valence-electron chi connectivity index (χ0n) is 14.3. The number of furan rings is 1. The molecule has 2 aromatic rings. The van der Waals surface area contributed by atoms with Crippen LogP contribution >= 0.6 is 0 Å². The number of hydrogen-bond donors (Lipinski definition) is 0. The molecular weight excluding hydrogens is 320 g/mol. The van der Waals surface area contributed by atoms with Crippen LogP contribution in [-0.2, 0) is 16.1 Å². The van der Waals surface area contributed by atoms with Gasteiger partial charge in [0.05, 0.1) is 49.0 Å². The molecule has 1 amide bonds. The summed E-state index contributed by atoms with van der Waals surface area (Å²) in [6, 6.07) is 7.53. The first-order valence-electron chi connectivity index (χ1n) is 8.64. The van der Waals surface area contributed by atoms with Crippen molar-refractivity contribution in [3.05, 3.63) is 53.7 Å². The van der Waals surface area contributed by atoms with Crippen LogP contribution in [0, 0.1) is 6.92 Å². The molecule has 4 heterocycles. The number of ether oxygens (including phenoxy) is 2. The number of carbonyl (C=O) groups is 1. The van der Waals surface area contributed by atoms with Gasteiger partial charge in [0.2, 0.25) is 0 Å². The minimum atomic E-state index is -0.276. The van der Waals surface area contributed by atoms with Crippen LogP contribution in [0.15, 0.2) is 41.1 Å². The summed E-state index contributed by atoms with van der Waals surface area (Å²) in [5.41, 5.74) is 1.28. The monoisotopic (exact) mass is 342 g/mol. The highest BCUT2D eigenvalue weighted by molar-refractivity contribution is 5.95. The van der Waals surface area contributed by atoms with Gasteiger partial charge in [0.1, 0.15) is 5.76 Å². The molecule has 0 radical (unpaired) electrons. The summed E-state index contributed by atoms with van der Waals surface area (Å²) in [6.07, 6.45) is 5.03. The van der Waals surface area contributed by atoms with Crippen LogP contribution in [-0.4, -0.2) is 47.2 Å². The smallest absolute Gasteiger partial charge is 0.257 e. The van der Waals surface area contributed by atoms with E-state index in [-0.39, 0.29) is 17.6 Å². The summed E-state index contributed by atoms with van der Waals surface area (Å²) in [5.74, 6) is 0.680. The number of aromatic nitrogens is 1. The van der Waals surface area contributed by atoms with Gasteiger partial charge in [-0.2, -0.15) is 0 Å². The van der Waals surface area contributed by atoms with E-state index in [2.05, 4.69) is 4.98 Å². The fourth-order valence-corrected chi connectivity index (χ4v) is 3.68. The second-order valence-electron chi connectivity index (χ2n) is 6.82. The van der Waals surface area contributed by atoms with Crippen molar-refractivity contribution in [1.29, 1.82) is 0 Å². The average Bonchev–Trinajstić information content (AvgIpc) is 3.35. The highest BCUT2D eigenvalue weighted by Gasteiger charge is 2.47. The lowest BCUT2D eigenvalue weighted by molar-refractivity contribution is -0.000112.